The van der Waals surface area contributed by atoms with Gasteiger partial charge in [-0.3, -0.25) is 9.59 Å². The number of hydrogen-bond donors (Lipinski definition) is 1. The minimum absolute atomic E-state index is 0.0781. The minimum Gasteiger partial charge on any atom is -0.497 e. The van der Waals surface area contributed by atoms with Crippen molar-refractivity contribution in [1.82, 2.24) is 19.8 Å². The van der Waals surface area contributed by atoms with Crippen LogP contribution in [0.3, 0.4) is 0 Å². The zero-order valence-electron chi connectivity index (χ0n) is 17.6. The lowest BCUT2D eigenvalue weighted by Gasteiger charge is -2.20. The number of nitrogens with one attached hydrogen (secondary N) is 1. The molecule has 7 nitrogen and oxygen atoms in total. The van der Waals surface area contributed by atoms with Crippen molar-refractivity contribution in [3.05, 3.63) is 85.2 Å². The summed E-state index contributed by atoms with van der Waals surface area (Å²) in [4.78, 5) is 31.7. The number of imidazole rings is 1. The maximum atomic E-state index is 12.9. The molecule has 7 heteroatoms. The Labute approximate surface area is 181 Å². The molecule has 0 atom stereocenters. The topological polar surface area (TPSA) is 76.5 Å². The summed E-state index contributed by atoms with van der Waals surface area (Å²) in [6.07, 6.45) is 3.37. The van der Waals surface area contributed by atoms with E-state index >= 15 is 0 Å². The molecule has 2 aromatic carbocycles. The van der Waals surface area contributed by atoms with Gasteiger partial charge in [-0.2, -0.15) is 0 Å². The molecule has 1 heterocycles. The second kappa shape index (κ2) is 10.2. The molecule has 0 unspecified atom stereocenters. The lowest BCUT2D eigenvalue weighted by Crippen LogP contribution is -2.35. The van der Waals surface area contributed by atoms with Crippen LogP contribution >= 0.6 is 0 Å². The molecule has 160 valence electrons. The van der Waals surface area contributed by atoms with Crippen LogP contribution in [0.4, 0.5) is 0 Å². The normalized spacial score (nSPS) is 10.5. The fraction of sp³-hybridized carbons (Fsp3) is 0.208. The molecule has 3 aromatic rings. The van der Waals surface area contributed by atoms with Crippen molar-refractivity contribution in [1.29, 1.82) is 0 Å². The van der Waals surface area contributed by atoms with Gasteiger partial charge in [-0.25, -0.2) is 4.98 Å². The van der Waals surface area contributed by atoms with E-state index in [4.69, 9.17) is 4.74 Å². The molecule has 0 saturated heterocycles. The molecule has 2 amide bonds. The second-order valence-electron chi connectivity index (χ2n) is 6.89. The lowest BCUT2D eigenvalue weighted by atomic mass is 10.2. The van der Waals surface area contributed by atoms with Gasteiger partial charge in [0.1, 0.15) is 18.1 Å². The van der Waals surface area contributed by atoms with Crippen LogP contribution in [0.25, 0.3) is 11.0 Å². The summed E-state index contributed by atoms with van der Waals surface area (Å²) in [6, 6.07) is 14.4. The fourth-order valence-electron chi connectivity index (χ4n) is 3.27. The van der Waals surface area contributed by atoms with Crippen molar-refractivity contribution in [3.8, 4) is 5.75 Å². The van der Waals surface area contributed by atoms with Crippen molar-refractivity contribution >= 4 is 22.8 Å². The largest absolute Gasteiger partial charge is 0.497 e. The van der Waals surface area contributed by atoms with Gasteiger partial charge < -0.3 is 19.5 Å². The highest BCUT2D eigenvalue weighted by Crippen LogP contribution is 2.17. The van der Waals surface area contributed by atoms with Crippen molar-refractivity contribution in [3.63, 3.8) is 0 Å². The van der Waals surface area contributed by atoms with Gasteiger partial charge in [0.2, 0.25) is 5.91 Å². The lowest BCUT2D eigenvalue weighted by molar-refractivity contribution is -0.130. The molecule has 31 heavy (non-hydrogen) atoms. The molecule has 0 aliphatic carbocycles. The van der Waals surface area contributed by atoms with Crippen LogP contribution in [-0.4, -0.2) is 46.5 Å². The average molecular weight is 418 g/mol. The first-order chi connectivity index (χ1) is 15.1. The summed E-state index contributed by atoms with van der Waals surface area (Å²) in [5.41, 5.74) is 2.12. The summed E-state index contributed by atoms with van der Waals surface area (Å²) < 4.78 is 6.96. The van der Waals surface area contributed by atoms with Crippen LogP contribution < -0.4 is 10.1 Å². The highest BCUT2D eigenvalue weighted by Gasteiger charge is 2.18. The first-order valence-corrected chi connectivity index (χ1v) is 9.93. The zero-order chi connectivity index (χ0) is 22.2. The van der Waals surface area contributed by atoms with Gasteiger partial charge >= 0.3 is 0 Å². The minimum atomic E-state index is -0.229. The number of rotatable bonds is 10. The van der Waals surface area contributed by atoms with Gasteiger partial charge in [0.05, 0.1) is 24.7 Å². The van der Waals surface area contributed by atoms with E-state index in [9.17, 15) is 9.59 Å². The molecule has 1 aromatic heterocycles. The fourth-order valence-corrected chi connectivity index (χ4v) is 3.27. The van der Waals surface area contributed by atoms with E-state index in [2.05, 4.69) is 23.5 Å². The van der Waals surface area contributed by atoms with Crippen LogP contribution in [0.5, 0.6) is 5.75 Å². The molecule has 0 fully saturated rings. The molecular formula is C24H26N4O3. The van der Waals surface area contributed by atoms with Crippen LogP contribution in [0.15, 0.2) is 73.8 Å². The molecule has 0 spiro atoms. The number of benzene rings is 2. The molecule has 0 aliphatic heterocycles. The number of amides is 2. The number of carbonyl (C=O) groups is 2. The van der Waals surface area contributed by atoms with Crippen LogP contribution in [-0.2, 0) is 17.9 Å². The predicted octanol–water partition coefficient (Wildman–Crippen LogP) is 3.18. The van der Waals surface area contributed by atoms with E-state index in [1.54, 1.807) is 48.4 Å². The zero-order valence-corrected chi connectivity index (χ0v) is 17.6. The van der Waals surface area contributed by atoms with E-state index < -0.39 is 0 Å². The number of fused-ring (bicyclic) bond motifs is 1. The summed E-state index contributed by atoms with van der Waals surface area (Å²) >= 11 is 0. The van der Waals surface area contributed by atoms with Crippen LogP contribution in [0.1, 0.15) is 16.2 Å². The monoisotopic (exact) mass is 418 g/mol. The number of methoxy groups -OCH3 is 1. The van der Waals surface area contributed by atoms with E-state index in [-0.39, 0.29) is 24.9 Å². The Morgan fingerprint density at radius 2 is 1.77 bits per heavy atom. The Morgan fingerprint density at radius 1 is 1.10 bits per heavy atom. The Bertz CT molecular complexity index is 1080. The van der Waals surface area contributed by atoms with E-state index in [1.165, 1.54) is 0 Å². The van der Waals surface area contributed by atoms with E-state index in [0.29, 0.717) is 30.2 Å². The second-order valence-corrected chi connectivity index (χ2v) is 6.89. The van der Waals surface area contributed by atoms with Gasteiger partial charge in [-0.05, 0) is 36.4 Å². The number of hydrogen-bond acceptors (Lipinski definition) is 4. The highest BCUT2D eigenvalue weighted by atomic mass is 16.5. The van der Waals surface area contributed by atoms with Crippen LogP contribution in [0, 0.1) is 0 Å². The maximum absolute atomic E-state index is 12.9. The van der Waals surface area contributed by atoms with Crippen molar-refractivity contribution < 1.29 is 14.3 Å². The third-order valence-corrected chi connectivity index (χ3v) is 4.84. The summed E-state index contributed by atoms with van der Waals surface area (Å²) in [5.74, 6) is 0.979. The summed E-state index contributed by atoms with van der Waals surface area (Å²) in [5, 5.41) is 2.89. The van der Waals surface area contributed by atoms with Gasteiger partial charge in [0.15, 0.2) is 0 Å². The molecule has 0 saturated carbocycles. The molecule has 0 bridgehead atoms. The predicted molar refractivity (Wildman–Crippen MR) is 121 cm³/mol. The van der Waals surface area contributed by atoms with Crippen molar-refractivity contribution in [2.24, 2.45) is 0 Å². The van der Waals surface area contributed by atoms with Crippen molar-refractivity contribution in [2.45, 2.75) is 13.1 Å². The Morgan fingerprint density at radius 3 is 2.42 bits per heavy atom. The molecule has 1 N–H and O–H groups in total. The number of ether oxygens (including phenoxy) is 1. The number of carbonyl (C=O) groups excluding carboxylic acids is 2. The third kappa shape index (κ3) is 5.19. The molecule has 0 aliphatic rings. The number of nitrogens with zero attached hydrogens (tertiary/aromatic N) is 3. The number of para-hydroxylation sites is 2. The SMILES string of the molecule is C=CCN(CC=C)C(=O)Cn1c(CNC(=O)c2ccc(OC)cc2)nc2ccccc21. The van der Waals surface area contributed by atoms with Gasteiger partial charge in [-0.1, -0.05) is 24.3 Å². The van der Waals surface area contributed by atoms with Gasteiger partial charge in [0.25, 0.3) is 5.91 Å². The quantitative estimate of drug-likeness (QED) is 0.513. The van der Waals surface area contributed by atoms with Crippen molar-refractivity contribution in [2.75, 3.05) is 20.2 Å². The smallest absolute Gasteiger partial charge is 0.251 e. The van der Waals surface area contributed by atoms with Gasteiger partial charge in [-0.15, -0.1) is 13.2 Å². The first kappa shape index (κ1) is 21.8. The first-order valence-electron chi connectivity index (χ1n) is 9.93. The third-order valence-electron chi connectivity index (χ3n) is 4.84. The average Bonchev–Trinajstić information content (AvgIpc) is 3.14. The van der Waals surface area contributed by atoms with E-state index in [1.807, 2.05) is 28.8 Å². The Hall–Kier alpha value is -3.87. The Kier molecular flexibility index (Phi) is 7.22. The summed E-state index contributed by atoms with van der Waals surface area (Å²) in [7, 11) is 1.58. The molecular weight excluding hydrogens is 392 g/mol. The molecule has 0 radical (unpaired) electrons. The maximum Gasteiger partial charge on any atom is 0.251 e. The van der Waals surface area contributed by atoms with E-state index in [0.717, 1.165) is 11.0 Å². The highest BCUT2D eigenvalue weighted by molar-refractivity contribution is 5.94. The van der Waals surface area contributed by atoms with Crippen LogP contribution in [0.2, 0.25) is 0 Å². The number of aromatic nitrogens is 2. The standard InChI is InChI=1S/C24H26N4O3/c1-4-14-27(15-5-2)23(29)17-28-21-9-7-6-8-20(21)26-22(28)16-25-24(30)18-10-12-19(31-3)13-11-18/h4-13H,1-2,14-17H2,3H3,(H,25,30). The summed E-state index contributed by atoms with van der Waals surface area (Å²) in [6.45, 7) is 8.59. The Balaban J connectivity index is 1.81. The van der Waals surface area contributed by atoms with Gasteiger partial charge in [0, 0.05) is 18.7 Å². The molecule has 3 rings (SSSR count).